The number of amides is 1. The molecular formula is C29H40F2N2O2. The van der Waals surface area contributed by atoms with Crippen LogP contribution in [-0.4, -0.2) is 29.7 Å². The summed E-state index contributed by atoms with van der Waals surface area (Å²) < 4.78 is 27.4. The highest BCUT2D eigenvalue weighted by molar-refractivity contribution is 5.73. The highest BCUT2D eigenvalue weighted by Crippen LogP contribution is 2.37. The molecule has 0 aromatic heterocycles. The van der Waals surface area contributed by atoms with Crippen molar-refractivity contribution in [1.82, 2.24) is 10.6 Å². The number of carbonyl (C=O) groups is 1. The van der Waals surface area contributed by atoms with E-state index in [4.69, 9.17) is 0 Å². The van der Waals surface area contributed by atoms with Gasteiger partial charge in [-0.3, -0.25) is 4.79 Å². The van der Waals surface area contributed by atoms with Gasteiger partial charge in [0.2, 0.25) is 5.91 Å². The van der Waals surface area contributed by atoms with Crippen LogP contribution in [0.3, 0.4) is 0 Å². The van der Waals surface area contributed by atoms with E-state index < -0.39 is 23.8 Å². The van der Waals surface area contributed by atoms with Gasteiger partial charge in [-0.25, -0.2) is 8.78 Å². The second-order valence-corrected chi connectivity index (χ2v) is 10.5. The summed E-state index contributed by atoms with van der Waals surface area (Å²) >= 11 is 0. The molecule has 0 aliphatic heterocycles. The molecule has 4 nitrogen and oxygen atoms in total. The summed E-state index contributed by atoms with van der Waals surface area (Å²) in [6.07, 6.45) is 6.76. The first-order chi connectivity index (χ1) is 16.7. The van der Waals surface area contributed by atoms with Crippen LogP contribution in [0.2, 0.25) is 0 Å². The van der Waals surface area contributed by atoms with Crippen LogP contribution < -0.4 is 10.6 Å². The second kappa shape index (κ2) is 12.6. The van der Waals surface area contributed by atoms with E-state index in [2.05, 4.69) is 48.7 Å². The van der Waals surface area contributed by atoms with Crippen LogP contribution in [0, 0.1) is 17.6 Å². The highest BCUT2D eigenvalue weighted by Gasteiger charge is 2.35. The van der Waals surface area contributed by atoms with Gasteiger partial charge in [-0.15, -0.1) is 0 Å². The lowest BCUT2D eigenvalue weighted by Crippen LogP contribution is -2.53. The van der Waals surface area contributed by atoms with Crippen molar-refractivity contribution in [1.29, 1.82) is 0 Å². The van der Waals surface area contributed by atoms with E-state index in [0.717, 1.165) is 44.6 Å². The summed E-state index contributed by atoms with van der Waals surface area (Å²) in [6.45, 7) is 6.11. The molecule has 2 aromatic carbocycles. The van der Waals surface area contributed by atoms with Gasteiger partial charge in [-0.05, 0) is 66.8 Å². The minimum Gasteiger partial charge on any atom is -0.390 e. The van der Waals surface area contributed by atoms with Crippen molar-refractivity contribution in [3.63, 3.8) is 0 Å². The predicted molar refractivity (Wildman–Crippen MR) is 136 cm³/mol. The third kappa shape index (κ3) is 8.11. The second-order valence-electron chi connectivity index (χ2n) is 10.5. The first kappa shape index (κ1) is 27.3. The zero-order chi connectivity index (χ0) is 25.4. The van der Waals surface area contributed by atoms with Crippen LogP contribution in [0.25, 0.3) is 0 Å². The molecule has 2 atom stereocenters. The Morgan fingerprint density at radius 2 is 1.71 bits per heavy atom. The normalized spacial score (nSPS) is 17.2. The van der Waals surface area contributed by atoms with Gasteiger partial charge in [0.15, 0.2) is 0 Å². The topological polar surface area (TPSA) is 61.4 Å². The van der Waals surface area contributed by atoms with Crippen LogP contribution in [0.5, 0.6) is 0 Å². The Labute approximate surface area is 208 Å². The van der Waals surface area contributed by atoms with Gasteiger partial charge in [0.1, 0.15) is 11.6 Å². The van der Waals surface area contributed by atoms with E-state index in [9.17, 15) is 18.7 Å². The van der Waals surface area contributed by atoms with Gasteiger partial charge >= 0.3 is 0 Å². The van der Waals surface area contributed by atoms with Crippen molar-refractivity contribution in [3.05, 3.63) is 70.8 Å². The zero-order valence-corrected chi connectivity index (χ0v) is 21.2. The molecule has 3 rings (SSSR count). The molecule has 1 amide bonds. The number of rotatable bonds is 11. The SMILES string of the molecule is CC(=O)N[C@@H](Cc1cc(F)cc(F)c1)[C@@H](O)CNC1(c2cccc(CCC(C)C)c2)CCCCC1. The molecule has 0 heterocycles. The molecule has 0 unspecified atom stereocenters. The number of aryl methyl sites for hydroxylation is 1. The van der Waals surface area contributed by atoms with E-state index in [1.165, 1.54) is 36.6 Å². The van der Waals surface area contributed by atoms with Crippen molar-refractivity contribution < 1.29 is 18.7 Å². The van der Waals surface area contributed by atoms with Gasteiger partial charge < -0.3 is 15.7 Å². The van der Waals surface area contributed by atoms with Crippen LogP contribution in [-0.2, 0) is 23.2 Å². The number of carbonyl (C=O) groups excluding carboxylic acids is 1. The fourth-order valence-corrected chi connectivity index (χ4v) is 5.17. The molecule has 0 bridgehead atoms. The molecule has 1 fully saturated rings. The molecule has 3 N–H and O–H groups in total. The molecule has 1 aliphatic carbocycles. The fourth-order valence-electron chi connectivity index (χ4n) is 5.17. The largest absolute Gasteiger partial charge is 0.390 e. The molecule has 0 saturated heterocycles. The van der Waals surface area contributed by atoms with Gasteiger partial charge in [-0.2, -0.15) is 0 Å². The number of nitrogens with one attached hydrogen (secondary N) is 2. The van der Waals surface area contributed by atoms with E-state index in [1.807, 2.05) is 0 Å². The average molecular weight is 487 g/mol. The monoisotopic (exact) mass is 486 g/mol. The Morgan fingerprint density at radius 1 is 1.03 bits per heavy atom. The third-order valence-corrected chi connectivity index (χ3v) is 7.08. The average Bonchev–Trinajstić information content (AvgIpc) is 2.80. The van der Waals surface area contributed by atoms with E-state index in [-0.39, 0.29) is 24.4 Å². The first-order valence-corrected chi connectivity index (χ1v) is 12.9. The Balaban J connectivity index is 1.76. The standard InChI is InChI=1S/C29H40F2N2O2/c1-20(2)10-11-22-8-7-9-24(14-22)29(12-5-4-6-13-29)32-19-28(35)27(33-21(3)34)17-23-15-25(30)18-26(31)16-23/h7-9,14-16,18,20,27-28,32,35H,4-6,10-13,17,19H2,1-3H3,(H,33,34)/t27-,28-/m0/s1. The number of halogens is 2. The molecule has 192 valence electrons. The Morgan fingerprint density at radius 3 is 2.34 bits per heavy atom. The Bertz CT molecular complexity index is 953. The molecule has 0 radical (unpaired) electrons. The van der Waals surface area contributed by atoms with Gasteiger partial charge in [0.25, 0.3) is 0 Å². The minimum atomic E-state index is -0.923. The van der Waals surface area contributed by atoms with E-state index in [0.29, 0.717) is 11.5 Å². The number of aliphatic hydroxyl groups excluding tert-OH is 1. The molecule has 1 saturated carbocycles. The fraction of sp³-hybridized carbons (Fsp3) is 0.552. The van der Waals surface area contributed by atoms with Crippen molar-refractivity contribution in [2.75, 3.05) is 6.54 Å². The van der Waals surface area contributed by atoms with Crippen molar-refractivity contribution in [2.45, 2.75) is 89.8 Å². The molecule has 6 heteroatoms. The van der Waals surface area contributed by atoms with E-state index >= 15 is 0 Å². The number of aliphatic hydroxyl groups is 1. The first-order valence-electron chi connectivity index (χ1n) is 12.9. The molecule has 2 aromatic rings. The molecule has 1 aliphatic rings. The van der Waals surface area contributed by atoms with Crippen LogP contribution in [0.4, 0.5) is 8.78 Å². The summed E-state index contributed by atoms with van der Waals surface area (Å²) in [5, 5.41) is 17.5. The number of hydrogen-bond acceptors (Lipinski definition) is 3. The van der Waals surface area contributed by atoms with Gasteiger partial charge in [0, 0.05) is 25.1 Å². The zero-order valence-electron chi connectivity index (χ0n) is 21.2. The van der Waals surface area contributed by atoms with Crippen LogP contribution >= 0.6 is 0 Å². The van der Waals surface area contributed by atoms with Crippen molar-refractivity contribution >= 4 is 5.91 Å². The number of benzene rings is 2. The summed E-state index contributed by atoms with van der Waals surface area (Å²) in [4.78, 5) is 11.8. The highest BCUT2D eigenvalue weighted by atomic mass is 19.1. The summed E-state index contributed by atoms with van der Waals surface area (Å²) in [5.41, 5.74) is 2.73. The predicted octanol–water partition coefficient (Wildman–Crippen LogP) is 5.41. The lowest BCUT2D eigenvalue weighted by molar-refractivity contribution is -0.120. The minimum absolute atomic E-state index is 0.134. The Kier molecular flexibility index (Phi) is 9.81. The number of hydrogen-bond donors (Lipinski definition) is 3. The van der Waals surface area contributed by atoms with Crippen LogP contribution in [0.1, 0.15) is 76.0 Å². The maximum absolute atomic E-state index is 13.7. The molecular weight excluding hydrogens is 446 g/mol. The lowest BCUT2D eigenvalue weighted by atomic mass is 9.76. The van der Waals surface area contributed by atoms with Gasteiger partial charge in [0.05, 0.1) is 12.1 Å². The summed E-state index contributed by atoms with van der Waals surface area (Å²) in [7, 11) is 0. The van der Waals surface area contributed by atoms with Gasteiger partial charge in [-0.1, -0.05) is 57.4 Å². The van der Waals surface area contributed by atoms with Crippen molar-refractivity contribution in [2.24, 2.45) is 5.92 Å². The quantitative estimate of drug-likeness (QED) is 0.398. The maximum Gasteiger partial charge on any atom is 0.217 e. The van der Waals surface area contributed by atoms with Crippen molar-refractivity contribution in [3.8, 4) is 0 Å². The summed E-state index contributed by atoms with van der Waals surface area (Å²) in [6, 6.07) is 11.4. The smallest absolute Gasteiger partial charge is 0.217 e. The third-order valence-electron chi connectivity index (χ3n) is 7.08. The molecule has 0 spiro atoms. The van der Waals surface area contributed by atoms with E-state index in [1.54, 1.807) is 0 Å². The Hall–Kier alpha value is -2.31. The molecule has 35 heavy (non-hydrogen) atoms. The maximum atomic E-state index is 13.7. The van der Waals surface area contributed by atoms with Crippen LogP contribution in [0.15, 0.2) is 42.5 Å². The summed E-state index contributed by atoms with van der Waals surface area (Å²) in [5.74, 6) is -0.996. The lowest BCUT2D eigenvalue weighted by Gasteiger charge is -2.40.